The van der Waals surface area contributed by atoms with Gasteiger partial charge < -0.3 is 15.1 Å². The molecule has 1 unspecified atom stereocenters. The normalized spacial score (nSPS) is 18.1. The van der Waals surface area contributed by atoms with Crippen molar-refractivity contribution in [2.75, 3.05) is 19.6 Å². The summed E-state index contributed by atoms with van der Waals surface area (Å²) in [6.45, 7) is 4.32. The van der Waals surface area contributed by atoms with Crippen molar-refractivity contribution < 1.29 is 14.0 Å². The number of carbonyl (C=O) groups is 2. The molecule has 6 nitrogen and oxygen atoms in total. The Bertz CT molecular complexity index is 711. The molecule has 3 heterocycles. The highest BCUT2D eigenvalue weighted by molar-refractivity contribution is 7.09. The minimum absolute atomic E-state index is 0.0945. The summed E-state index contributed by atoms with van der Waals surface area (Å²) in [7, 11) is 0. The number of nitrogens with one attached hydrogen (secondary N) is 2. The van der Waals surface area contributed by atoms with Crippen LogP contribution < -0.4 is 10.6 Å². The van der Waals surface area contributed by atoms with Crippen LogP contribution in [0.3, 0.4) is 0 Å². The lowest BCUT2D eigenvalue weighted by Crippen LogP contribution is -2.56. The second kappa shape index (κ2) is 8.31. The largest absolute Gasteiger partial charge is 0.465 e. The molecule has 0 bridgehead atoms. The number of nitrogens with zero attached hydrogens (tertiary/aromatic N) is 1. The molecule has 2 aromatic heterocycles. The van der Waals surface area contributed by atoms with Crippen molar-refractivity contribution in [1.29, 1.82) is 0 Å². The second-order valence-corrected chi connectivity index (χ2v) is 7.21. The van der Waals surface area contributed by atoms with Gasteiger partial charge in [0, 0.05) is 24.5 Å². The third kappa shape index (κ3) is 4.93. The maximum Gasteiger partial charge on any atom is 0.237 e. The van der Waals surface area contributed by atoms with Crippen molar-refractivity contribution in [1.82, 2.24) is 15.5 Å². The van der Waals surface area contributed by atoms with Crippen LogP contribution in [0.5, 0.6) is 0 Å². The number of hydrogen-bond acceptors (Lipinski definition) is 5. The first-order valence-corrected chi connectivity index (χ1v) is 9.36. The molecule has 0 spiro atoms. The van der Waals surface area contributed by atoms with Gasteiger partial charge in [-0.15, -0.1) is 11.3 Å². The zero-order valence-corrected chi connectivity index (χ0v) is 15.1. The van der Waals surface area contributed by atoms with E-state index in [0.717, 1.165) is 17.9 Å². The molecule has 1 atom stereocenters. The first kappa shape index (κ1) is 17.7. The van der Waals surface area contributed by atoms with E-state index < -0.39 is 6.04 Å². The van der Waals surface area contributed by atoms with E-state index in [9.17, 15) is 9.59 Å². The van der Waals surface area contributed by atoms with E-state index in [0.29, 0.717) is 26.2 Å². The Balaban J connectivity index is 1.53. The Labute approximate surface area is 151 Å². The summed E-state index contributed by atoms with van der Waals surface area (Å²) in [4.78, 5) is 27.7. The minimum atomic E-state index is -0.458. The monoisotopic (exact) mass is 361 g/mol. The molecule has 134 valence electrons. The number of piperazine rings is 1. The molecule has 1 aliphatic rings. The zero-order valence-electron chi connectivity index (χ0n) is 14.3. The van der Waals surface area contributed by atoms with Gasteiger partial charge in [-0.25, -0.2) is 0 Å². The molecule has 0 saturated carbocycles. The van der Waals surface area contributed by atoms with E-state index in [1.165, 1.54) is 4.88 Å². The molecule has 25 heavy (non-hydrogen) atoms. The molecule has 1 saturated heterocycles. The lowest BCUT2D eigenvalue weighted by molar-refractivity contribution is -0.134. The Kier molecular flexibility index (Phi) is 5.88. The number of hydrogen-bond donors (Lipinski definition) is 2. The van der Waals surface area contributed by atoms with E-state index in [4.69, 9.17) is 4.42 Å². The standard InChI is InChI=1S/C18H23N3O3S/c1-13-4-5-14(24-13)12-21-9-8-20-18(23)16(21)11-17(22)19-7-6-15-3-2-10-25-15/h2-5,10,16H,6-9,11-12H2,1H3,(H,19,22)(H,20,23). The summed E-state index contributed by atoms with van der Waals surface area (Å²) < 4.78 is 5.61. The van der Waals surface area contributed by atoms with Crippen LogP contribution in [0, 0.1) is 6.92 Å². The molecule has 0 aromatic carbocycles. The number of rotatable bonds is 7. The van der Waals surface area contributed by atoms with Gasteiger partial charge in [0.05, 0.1) is 19.0 Å². The van der Waals surface area contributed by atoms with E-state index in [1.807, 2.05) is 35.4 Å². The van der Waals surface area contributed by atoms with Crippen LogP contribution in [0.4, 0.5) is 0 Å². The highest BCUT2D eigenvalue weighted by atomic mass is 32.1. The lowest BCUT2D eigenvalue weighted by Gasteiger charge is -2.34. The SMILES string of the molecule is Cc1ccc(CN2CCNC(=O)C2CC(=O)NCCc2cccs2)o1. The molecule has 1 aliphatic heterocycles. The number of thiophene rings is 1. The van der Waals surface area contributed by atoms with Crippen LogP contribution in [0.1, 0.15) is 22.8 Å². The smallest absolute Gasteiger partial charge is 0.237 e. The highest BCUT2D eigenvalue weighted by Crippen LogP contribution is 2.16. The fraction of sp³-hybridized carbons (Fsp3) is 0.444. The third-order valence-electron chi connectivity index (χ3n) is 4.25. The molecule has 3 rings (SSSR count). The topological polar surface area (TPSA) is 74.6 Å². The van der Waals surface area contributed by atoms with Gasteiger partial charge in [-0.1, -0.05) is 6.07 Å². The van der Waals surface area contributed by atoms with E-state index in [-0.39, 0.29) is 18.2 Å². The fourth-order valence-electron chi connectivity index (χ4n) is 2.97. The zero-order chi connectivity index (χ0) is 17.6. The van der Waals surface area contributed by atoms with Crippen molar-refractivity contribution in [2.24, 2.45) is 0 Å². The highest BCUT2D eigenvalue weighted by Gasteiger charge is 2.32. The summed E-state index contributed by atoms with van der Waals surface area (Å²) in [5.41, 5.74) is 0. The van der Waals surface area contributed by atoms with Gasteiger partial charge in [-0.3, -0.25) is 14.5 Å². The van der Waals surface area contributed by atoms with Crippen LogP contribution in [0.2, 0.25) is 0 Å². The van der Waals surface area contributed by atoms with Gasteiger partial charge in [0.15, 0.2) is 0 Å². The molecule has 2 amide bonds. The molecule has 2 N–H and O–H groups in total. The molecular formula is C18H23N3O3S. The van der Waals surface area contributed by atoms with Gasteiger partial charge in [-0.2, -0.15) is 0 Å². The molecular weight excluding hydrogens is 338 g/mol. The van der Waals surface area contributed by atoms with Crippen molar-refractivity contribution >= 4 is 23.2 Å². The van der Waals surface area contributed by atoms with E-state index >= 15 is 0 Å². The van der Waals surface area contributed by atoms with Gasteiger partial charge in [0.25, 0.3) is 0 Å². The average molecular weight is 361 g/mol. The lowest BCUT2D eigenvalue weighted by atomic mass is 10.1. The van der Waals surface area contributed by atoms with Crippen molar-refractivity contribution in [3.05, 3.63) is 46.0 Å². The number of carbonyl (C=O) groups excluding carboxylic acids is 2. The number of furan rings is 1. The van der Waals surface area contributed by atoms with Crippen LogP contribution in [-0.4, -0.2) is 42.4 Å². The van der Waals surface area contributed by atoms with Gasteiger partial charge in [0.1, 0.15) is 11.5 Å². The predicted octanol–water partition coefficient (Wildman–Crippen LogP) is 1.70. The Morgan fingerprint density at radius 3 is 3.04 bits per heavy atom. The maximum absolute atomic E-state index is 12.2. The molecule has 2 aromatic rings. The summed E-state index contributed by atoms with van der Waals surface area (Å²) in [5.74, 6) is 1.47. The number of aryl methyl sites for hydroxylation is 1. The van der Waals surface area contributed by atoms with Gasteiger partial charge in [0.2, 0.25) is 11.8 Å². The minimum Gasteiger partial charge on any atom is -0.465 e. The van der Waals surface area contributed by atoms with Gasteiger partial charge in [-0.05, 0) is 36.9 Å². The quantitative estimate of drug-likeness (QED) is 0.787. The predicted molar refractivity (Wildman–Crippen MR) is 96.3 cm³/mol. The van der Waals surface area contributed by atoms with Crippen LogP contribution in [0.15, 0.2) is 34.1 Å². The molecule has 1 fully saturated rings. The summed E-state index contributed by atoms with van der Waals surface area (Å²) in [5, 5.41) is 7.79. The van der Waals surface area contributed by atoms with E-state index in [2.05, 4.69) is 16.7 Å². The summed E-state index contributed by atoms with van der Waals surface area (Å²) in [6.07, 6.45) is 0.978. The van der Waals surface area contributed by atoms with Crippen molar-refractivity contribution in [3.63, 3.8) is 0 Å². The first-order valence-electron chi connectivity index (χ1n) is 8.48. The van der Waals surface area contributed by atoms with Crippen molar-refractivity contribution in [2.45, 2.75) is 32.4 Å². The first-order chi connectivity index (χ1) is 12.1. The number of amides is 2. The summed E-state index contributed by atoms with van der Waals surface area (Å²) in [6, 6.07) is 7.42. The van der Waals surface area contributed by atoms with Crippen LogP contribution in [-0.2, 0) is 22.6 Å². The Morgan fingerprint density at radius 2 is 2.32 bits per heavy atom. The Morgan fingerprint density at radius 1 is 1.44 bits per heavy atom. The molecule has 0 aliphatic carbocycles. The Hall–Kier alpha value is -2.12. The van der Waals surface area contributed by atoms with E-state index in [1.54, 1.807) is 11.3 Å². The van der Waals surface area contributed by atoms with Gasteiger partial charge >= 0.3 is 0 Å². The summed E-state index contributed by atoms with van der Waals surface area (Å²) >= 11 is 1.68. The molecule has 0 radical (unpaired) electrons. The average Bonchev–Trinajstić information content (AvgIpc) is 3.23. The van der Waals surface area contributed by atoms with Crippen molar-refractivity contribution in [3.8, 4) is 0 Å². The second-order valence-electron chi connectivity index (χ2n) is 6.17. The third-order valence-corrected chi connectivity index (χ3v) is 5.19. The fourth-order valence-corrected chi connectivity index (χ4v) is 3.68. The van der Waals surface area contributed by atoms with Crippen LogP contribution >= 0.6 is 11.3 Å². The molecule has 7 heteroatoms. The van der Waals surface area contributed by atoms with Crippen LogP contribution in [0.25, 0.3) is 0 Å². The maximum atomic E-state index is 12.2.